The van der Waals surface area contributed by atoms with Gasteiger partial charge in [-0.1, -0.05) is 59.6 Å². The first-order valence-electron chi connectivity index (χ1n) is 10.4. The number of carbonyl (C=O) groups is 1. The van der Waals surface area contributed by atoms with Crippen LogP contribution in [0.4, 0.5) is 5.69 Å². The lowest BCUT2D eigenvalue weighted by molar-refractivity contribution is -0.119. The number of halogens is 2. The van der Waals surface area contributed by atoms with Gasteiger partial charge in [0.1, 0.15) is 11.5 Å². The van der Waals surface area contributed by atoms with E-state index in [0.29, 0.717) is 35.4 Å². The molecule has 0 spiro atoms. The van der Waals surface area contributed by atoms with Gasteiger partial charge in [-0.15, -0.1) is 0 Å². The number of benzene rings is 3. The molecule has 0 radical (unpaired) electrons. The van der Waals surface area contributed by atoms with Crippen LogP contribution in [0.15, 0.2) is 72.8 Å². The number of carbonyl (C=O) groups excluding carboxylic acids is 1. The number of anilines is 1. The molecule has 0 saturated heterocycles. The van der Waals surface area contributed by atoms with Crippen LogP contribution in [0.25, 0.3) is 0 Å². The molecule has 0 saturated carbocycles. The maximum Gasteiger partial charge on any atom is 0.226 e. The van der Waals surface area contributed by atoms with Crippen molar-refractivity contribution in [2.45, 2.75) is 19.3 Å². The minimum atomic E-state index is -0.200. The largest absolute Gasteiger partial charge is 0.493 e. The van der Waals surface area contributed by atoms with Gasteiger partial charge in [0.05, 0.1) is 18.2 Å². The number of thiocarbonyl (C=S) groups is 1. The molecule has 0 bridgehead atoms. The van der Waals surface area contributed by atoms with E-state index in [9.17, 15) is 4.79 Å². The van der Waals surface area contributed by atoms with Gasteiger partial charge in [-0.25, -0.2) is 0 Å². The summed E-state index contributed by atoms with van der Waals surface area (Å²) in [6.07, 6.45) is 1.59. The summed E-state index contributed by atoms with van der Waals surface area (Å²) in [4.78, 5) is 12.1. The Bertz CT molecular complexity index is 1080. The molecule has 0 atom stereocenters. The summed E-state index contributed by atoms with van der Waals surface area (Å²) >= 11 is 17.2. The van der Waals surface area contributed by atoms with E-state index in [-0.39, 0.29) is 17.4 Å². The van der Waals surface area contributed by atoms with E-state index < -0.39 is 0 Å². The maximum absolute atomic E-state index is 12.1. The van der Waals surface area contributed by atoms with Crippen LogP contribution in [0.2, 0.25) is 10.0 Å². The highest BCUT2D eigenvalue weighted by Gasteiger charge is 2.07. The number of nitrogens with one attached hydrogen (secondary N) is 2. The SMILES string of the molecule is O=C(CCCOc1ccc(Cl)cc1Cl)NC(=S)Nc1cccc(OCCc2ccccc2)c1. The molecule has 33 heavy (non-hydrogen) atoms. The van der Waals surface area contributed by atoms with Crippen LogP contribution in [-0.2, 0) is 11.2 Å². The molecule has 0 aromatic heterocycles. The topological polar surface area (TPSA) is 59.6 Å². The lowest BCUT2D eigenvalue weighted by Crippen LogP contribution is -2.34. The average molecular weight is 503 g/mol. The molecular formula is C25H24Cl2N2O3S. The fraction of sp³-hybridized carbons (Fsp3) is 0.200. The molecule has 2 N–H and O–H groups in total. The quantitative estimate of drug-likeness (QED) is 0.252. The fourth-order valence-electron chi connectivity index (χ4n) is 2.95. The van der Waals surface area contributed by atoms with E-state index >= 15 is 0 Å². The monoisotopic (exact) mass is 502 g/mol. The summed E-state index contributed by atoms with van der Waals surface area (Å²) in [5.74, 6) is 1.06. The van der Waals surface area contributed by atoms with Crippen molar-refractivity contribution in [1.82, 2.24) is 5.32 Å². The molecule has 0 aliphatic carbocycles. The third kappa shape index (κ3) is 8.92. The van der Waals surface area contributed by atoms with Gasteiger partial charge in [0.2, 0.25) is 5.91 Å². The van der Waals surface area contributed by atoms with Crippen LogP contribution in [0.3, 0.4) is 0 Å². The zero-order valence-electron chi connectivity index (χ0n) is 17.9. The maximum atomic E-state index is 12.1. The second-order valence-electron chi connectivity index (χ2n) is 7.14. The molecule has 0 fully saturated rings. The molecule has 0 aliphatic heterocycles. The van der Waals surface area contributed by atoms with E-state index in [0.717, 1.165) is 17.9 Å². The lowest BCUT2D eigenvalue weighted by atomic mass is 10.2. The number of ether oxygens (including phenoxy) is 2. The fourth-order valence-corrected chi connectivity index (χ4v) is 3.65. The van der Waals surface area contributed by atoms with Crippen LogP contribution < -0.4 is 20.1 Å². The standard InChI is InChI=1S/C25H24Cl2N2O3S/c26-19-11-12-23(22(27)16-19)32-14-5-10-24(30)29-25(33)28-20-8-4-9-21(17-20)31-15-13-18-6-2-1-3-7-18/h1-4,6-9,11-12,16-17H,5,10,13-15H2,(H2,28,29,30,33). The van der Waals surface area contributed by atoms with E-state index in [1.807, 2.05) is 42.5 Å². The summed E-state index contributed by atoms with van der Waals surface area (Å²) in [6, 6.07) is 22.6. The Morgan fingerprint density at radius 2 is 1.73 bits per heavy atom. The minimum absolute atomic E-state index is 0.200. The van der Waals surface area contributed by atoms with Crippen molar-refractivity contribution in [3.63, 3.8) is 0 Å². The number of hydrogen-bond donors (Lipinski definition) is 2. The van der Waals surface area contributed by atoms with Gasteiger partial charge >= 0.3 is 0 Å². The van der Waals surface area contributed by atoms with E-state index in [4.69, 9.17) is 44.9 Å². The summed E-state index contributed by atoms with van der Waals surface area (Å²) in [5.41, 5.74) is 1.95. The van der Waals surface area contributed by atoms with Crippen molar-refractivity contribution in [1.29, 1.82) is 0 Å². The van der Waals surface area contributed by atoms with Gasteiger partial charge < -0.3 is 20.1 Å². The first-order valence-corrected chi connectivity index (χ1v) is 11.6. The molecule has 0 aliphatic rings. The lowest BCUT2D eigenvalue weighted by Gasteiger charge is -2.12. The summed E-state index contributed by atoms with van der Waals surface area (Å²) < 4.78 is 11.4. The summed E-state index contributed by atoms with van der Waals surface area (Å²) in [7, 11) is 0. The average Bonchev–Trinajstić information content (AvgIpc) is 2.79. The molecule has 0 unspecified atom stereocenters. The Labute approximate surface area is 209 Å². The van der Waals surface area contributed by atoms with Crippen LogP contribution >= 0.6 is 35.4 Å². The van der Waals surface area contributed by atoms with Crippen LogP contribution in [-0.4, -0.2) is 24.2 Å². The van der Waals surface area contributed by atoms with Crippen molar-refractivity contribution in [3.05, 3.63) is 88.4 Å². The zero-order valence-corrected chi connectivity index (χ0v) is 20.2. The molecular weight excluding hydrogens is 479 g/mol. The Morgan fingerprint density at radius 3 is 2.52 bits per heavy atom. The van der Waals surface area contributed by atoms with Gasteiger partial charge in [0.25, 0.3) is 0 Å². The Hall–Kier alpha value is -2.80. The molecule has 172 valence electrons. The van der Waals surface area contributed by atoms with Gasteiger partial charge in [0.15, 0.2) is 5.11 Å². The van der Waals surface area contributed by atoms with Crippen molar-refractivity contribution >= 4 is 52.1 Å². The Morgan fingerprint density at radius 1 is 0.909 bits per heavy atom. The molecule has 8 heteroatoms. The van der Waals surface area contributed by atoms with Gasteiger partial charge in [-0.2, -0.15) is 0 Å². The van der Waals surface area contributed by atoms with Gasteiger partial charge in [-0.3, -0.25) is 4.79 Å². The summed E-state index contributed by atoms with van der Waals surface area (Å²) in [5, 5.41) is 6.88. The number of amides is 1. The summed E-state index contributed by atoms with van der Waals surface area (Å²) in [6.45, 7) is 0.912. The van der Waals surface area contributed by atoms with Crippen molar-refractivity contribution in [2.75, 3.05) is 18.5 Å². The predicted octanol–water partition coefficient (Wildman–Crippen LogP) is 6.29. The first kappa shape index (κ1) is 24.8. The second-order valence-corrected chi connectivity index (χ2v) is 8.39. The molecule has 3 aromatic carbocycles. The highest BCUT2D eigenvalue weighted by atomic mass is 35.5. The van der Waals surface area contributed by atoms with Crippen LogP contribution in [0.5, 0.6) is 11.5 Å². The molecule has 5 nitrogen and oxygen atoms in total. The van der Waals surface area contributed by atoms with Gasteiger partial charge in [-0.05, 0) is 54.5 Å². The molecule has 1 amide bonds. The van der Waals surface area contributed by atoms with Crippen molar-refractivity contribution < 1.29 is 14.3 Å². The molecule has 3 aromatic rings. The zero-order chi connectivity index (χ0) is 23.5. The van der Waals surface area contributed by atoms with E-state index in [1.54, 1.807) is 18.2 Å². The van der Waals surface area contributed by atoms with Gasteiger partial charge in [0, 0.05) is 29.6 Å². The number of hydrogen-bond acceptors (Lipinski definition) is 4. The smallest absolute Gasteiger partial charge is 0.226 e. The Balaban J connectivity index is 1.36. The third-order valence-corrected chi connectivity index (χ3v) is 5.28. The first-order chi connectivity index (χ1) is 16.0. The van der Waals surface area contributed by atoms with Crippen LogP contribution in [0.1, 0.15) is 18.4 Å². The predicted molar refractivity (Wildman–Crippen MR) is 138 cm³/mol. The van der Waals surface area contributed by atoms with Crippen molar-refractivity contribution in [3.8, 4) is 11.5 Å². The molecule has 0 heterocycles. The Kier molecular flexibility index (Phi) is 9.81. The highest BCUT2D eigenvalue weighted by Crippen LogP contribution is 2.27. The highest BCUT2D eigenvalue weighted by molar-refractivity contribution is 7.80. The normalized spacial score (nSPS) is 10.4. The molecule has 3 rings (SSSR count). The van der Waals surface area contributed by atoms with Crippen LogP contribution in [0, 0.1) is 0 Å². The minimum Gasteiger partial charge on any atom is -0.493 e. The number of rotatable bonds is 10. The van der Waals surface area contributed by atoms with E-state index in [1.165, 1.54) is 5.56 Å². The third-order valence-electron chi connectivity index (χ3n) is 4.55. The van der Waals surface area contributed by atoms with E-state index in [2.05, 4.69) is 22.8 Å². The second kappa shape index (κ2) is 13.0. The van der Waals surface area contributed by atoms with Crippen molar-refractivity contribution in [2.24, 2.45) is 0 Å².